The van der Waals surface area contributed by atoms with E-state index in [-0.39, 0.29) is 5.78 Å². The van der Waals surface area contributed by atoms with Gasteiger partial charge in [-0.25, -0.2) is 0 Å². The molecule has 0 aliphatic heterocycles. The van der Waals surface area contributed by atoms with Crippen LogP contribution in [0.2, 0.25) is 0 Å². The van der Waals surface area contributed by atoms with E-state index in [1.54, 1.807) is 0 Å². The fourth-order valence-electron chi connectivity index (χ4n) is 3.16. The van der Waals surface area contributed by atoms with Crippen molar-refractivity contribution in [2.75, 3.05) is 5.32 Å². The number of hydrogen-bond acceptors (Lipinski definition) is 2. The van der Waals surface area contributed by atoms with Crippen molar-refractivity contribution >= 4 is 17.2 Å². The Hall–Kier alpha value is -2.87. The lowest BCUT2D eigenvalue weighted by molar-refractivity contribution is 0.103. The van der Waals surface area contributed by atoms with Crippen LogP contribution in [0.15, 0.2) is 72.8 Å². The first-order valence-electron chi connectivity index (χ1n) is 7.89. The Morgan fingerprint density at radius 3 is 2.22 bits per heavy atom. The SMILES string of the molecule is O=C1c2ccccc2CCc2cc(Nc3ccccc3)ccc21. The van der Waals surface area contributed by atoms with Gasteiger partial charge in [0.1, 0.15) is 0 Å². The van der Waals surface area contributed by atoms with E-state index in [0.717, 1.165) is 46.5 Å². The van der Waals surface area contributed by atoms with Gasteiger partial charge < -0.3 is 5.32 Å². The maximum Gasteiger partial charge on any atom is 0.193 e. The number of fused-ring (bicyclic) bond motifs is 2. The number of rotatable bonds is 2. The number of carbonyl (C=O) groups excluding carboxylic acids is 1. The van der Waals surface area contributed by atoms with Crippen LogP contribution in [0.5, 0.6) is 0 Å². The average Bonchev–Trinajstić information content (AvgIpc) is 2.73. The molecule has 0 heterocycles. The Bertz CT molecular complexity index is 868. The highest BCUT2D eigenvalue weighted by atomic mass is 16.1. The molecule has 0 saturated carbocycles. The number of nitrogens with one attached hydrogen (secondary N) is 1. The molecule has 0 radical (unpaired) electrons. The quantitative estimate of drug-likeness (QED) is 0.739. The number of benzene rings is 3. The fraction of sp³-hybridized carbons (Fsp3) is 0.0952. The van der Waals surface area contributed by atoms with Crippen molar-refractivity contribution in [3.8, 4) is 0 Å². The molecule has 0 amide bonds. The van der Waals surface area contributed by atoms with Crippen LogP contribution in [0.3, 0.4) is 0 Å². The summed E-state index contributed by atoms with van der Waals surface area (Å²) in [7, 11) is 0. The molecule has 4 rings (SSSR count). The molecule has 23 heavy (non-hydrogen) atoms. The van der Waals surface area contributed by atoms with Gasteiger partial charge in [0.2, 0.25) is 0 Å². The molecular formula is C21H17NO. The van der Waals surface area contributed by atoms with E-state index in [1.165, 1.54) is 0 Å². The number of aryl methyl sites for hydroxylation is 2. The van der Waals surface area contributed by atoms with E-state index in [2.05, 4.69) is 17.4 Å². The molecule has 112 valence electrons. The molecule has 0 fully saturated rings. The van der Waals surface area contributed by atoms with Crippen molar-refractivity contribution in [2.45, 2.75) is 12.8 Å². The highest BCUT2D eigenvalue weighted by Gasteiger charge is 2.20. The Morgan fingerprint density at radius 2 is 1.35 bits per heavy atom. The van der Waals surface area contributed by atoms with Crippen LogP contribution in [-0.2, 0) is 12.8 Å². The second-order valence-electron chi connectivity index (χ2n) is 5.85. The van der Waals surface area contributed by atoms with Gasteiger partial charge in [0.05, 0.1) is 0 Å². The summed E-state index contributed by atoms with van der Waals surface area (Å²) in [6.45, 7) is 0. The third kappa shape index (κ3) is 2.64. The predicted molar refractivity (Wildman–Crippen MR) is 93.4 cm³/mol. The second kappa shape index (κ2) is 5.73. The Labute approximate surface area is 135 Å². The van der Waals surface area contributed by atoms with Gasteiger partial charge in [0.25, 0.3) is 0 Å². The van der Waals surface area contributed by atoms with Crippen molar-refractivity contribution in [1.29, 1.82) is 0 Å². The number of hydrogen-bond donors (Lipinski definition) is 1. The normalized spacial score (nSPS) is 13.0. The van der Waals surface area contributed by atoms with Gasteiger partial charge in [-0.15, -0.1) is 0 Å². The van der Waals surface area contributed by atoms with Crippen LogP contribution in [0.1, 0.15) is 27.0 Å². The summed E-state index contributed by atoms with van der Waals surface area (Å²) in [5, 5.41) is 3.40. The van der Waals surface area contributed by atoms with Crippen LogP contribution in [0.4, 0.5) is 11.4 Å². The first kappa shape index (κ1) is 13.8. The first-order chi connectivity index (χ1) is 11.3. The molecular weight excluding hydrogens is 282 g/mol. The van der Waals surface area contributed by atoms with E-state index in [0.29, 0.717) is 0 Å². The van der Waals surface area contributed by atoms with Crippen LogP contribution in [0.25, 0.3) is 0 Å². The van der Waals surface area contributed by atoms with Gasteiger partial charge in [-0.3, -0.25) is 4.79 Å². The second-order valence-corrected chi connectivity index (χ2v) is 5.85. The van der Waals surface area contributed by atoms with Crippen LogP contribution < -0.4 is 5.32 Å². The number of para-hydroxylation sites is 1. The standard InChI is InChI=1S/C21H17NO/c23-21-19-9-5-4-6-15(19)10-11-16-14-18(12-13-20(16)21)22-17-7-2-1-3-8-17/h1-9,12-14,22H,10-11H2. The van der Waals surface area contributed by atoms with Gasteiger partial charge in [-0.1, -0.05) is 42.5 Å². The number of carbonyl (C=O) groups is 1. The molecule has 0 saturated heterocycles. The maximum atomic E-state index is 12.8. The van der Waals surface area contributed by atoms with Gasteiger partial charge in [0, 0.05) is 22.5 Å². The predicted octanol–water partition coefficient (Wildman–Crippen LogP) is 4.76. The molecule has 1 aliphatic carbocycles. The lowest BCUT2D eigenvalue weighted by atomic mass is 9.98. The van der Waals surface area contributed by atoms with Crippen molar-refractivity contribution < 1.29 is 4.79 Å². The largest absolute Gasteiger partial charge is 0.356 e. The van der Waals surface area contributed by atoms with E-state index < -0.39 is 0 Å². The summed E-state index contributed by atoms with van der Waals surface area (Å²) < 4.78 is 0. The minimum absolute atomic E-state index is 0.138. The average molecular weight is 299 g/mol. The molecule has 2 nitrogen and oxygen atoms in total. The molecule has 1 aliphatic rings. The summed E-state index contributed by atoms with van der Waals surface area (Å²) in [6, 6.07) is 24.0. The van der Waals surface area contributed by atoms with E-state index >= 15 is 0 Å². The Kier molecular flexibility index (Phi) is 3.43. The summed E-state index contributed by atoms with van der Waals surface area (Å²) in [6.07, 6.45) is 1.80. The van der Waals surface area contributed by atoms with Gasteiger partial charge in [-0.05, 0) is 54.3 Å². The van der Waals surface area contributed by atoms with E-state index in [9.17, 15) is 4.79 Å². The highest BCUT2D eigenvalue weighted by Crippen LogP contribution is 2.27. The molecule has 0 aromatic heterocycles. The van der Waals surface area contributed by atoms with Crippen LogP contribution in [-0.4, -0.2) is 5.78 Å². The third-order valence-corrected chi connectivity index (χ3v) is 4.34. The molecule has 3 aromatic carbocycles. The Morgan fingerprint density at radius 1 is 0.652 bits per heavy atom. The Balaban J connectivity index is 1.70. The molecule has 0 unspecified atom stereocenters. The van der Waals surface area contributed by atoms with E-state index in [4.69, 9.17) is 0 Å². The summed E-state index contributed by atoms with van der Waals surface area (Å²) in [5.74, 6) is 0.138. The highest BCUT2D eigenvalue weighted by molar-refractivity contribution is 6.11. The van der Waals surface area contributed by atoms with E-state index in [1.807, 2.05) is 60.7 Å². The molecule has 0 spiro atoms. The lowest BCUT2D eigenvalue weighted by Gasteiger charge is -2.10. The molecule has 0 atom stereocenters. The summed E-state index contributed by atoms with van der Waals surface area (Å²) >= 11 is 0. The molecule has 0 bridgehead atoms. The lowest BCUT2D eigenvalue weighted by Crippen LogP contribution is -2.04. The van der Waals surface area contributed by atoms with Crippen molar-refractivity contribution in [2.24, 2.45) is 0 Å². The van der Waals surface area contributed by atoms with Crippen LogP contribution in [0, 0.1) is 0 Å². The summed E-state index contributed by atoms with van der Waals surface area (Å²) in [5.41, 5.74) is 6.01. The minimum Gasteiger partial charge on any atom is -0.356 e. The van der Waals surface area contributed by atoms with Gasteiger partial charge in [-0.2, -0.15) is 0 Å². The van der Waals surface area contributed by atoms with Crippen molar-refractivity contribution in [3.05, 3.63) is 95.1 Å². The fourth-order valence-corrected chi connectivity index (χ4v) is 3.16. The minimum atomic E-state index is 0.138. The number of ketones is 1. The van der Waals surface area contributed by atoms with Crippen LogP contribution >= 0.6 is 0 Å². The summed E-state index contributed by atoms with van der Waals surface area (Å²) in [4.78, 5) is 12.8. The van der Waals surface area contributed by atoms with Gasteiger partial charge in [0.15, 0.2) is 5.78 Å². The first-order valence-corrected chi connectivity index (χ1v) is 7.89. The zero-order chi connectivity index (χ0) is 15.6. The smallest absolute Gasteiger partial charge is 0.193 e. The van der Waals surface area contributed by atoms with Crippen molar-refractivity contribution in [1.82, 2.24) is 0 Å². The maximum absolute atomic E-state index is 12.8. The molecule has 2 heteroatoms. The van der Waals surface area contributed by atoms with Crippen molar-refractivity contribution in [3.63, 3.8) is 0 Å². The van der Waals surface area contributed by atoms with Gasteiger partial charge >= 0.3 is 0 Å². The topological polar surface area (TPSA) is 29.1 Å². The monoisotopic (exact) mass is 299 g/mol. The zero-order valence-corrected chi connectivity index (χ0v) is 12.8. The zero-order valence-electron chi connectivity index (χ0n) is 12.8. The molecule has 1 N–H and O–H groups in total. The third-order valence-electron chi connectivity index (χ3n) is 4.34. The number of anilines is 2. The molecule has 3 aromatic rings.